The number of phosphoric ester groups is 1. The molecule has 1 saturated heterocycles. The number of aliphatic hydroxyl groups excluding tert-OH is 1. The molecule has 3 rings (SSSR count). The number of esters is 1. The first-order valence-electron chi connectivity index (χ1n) is 11.2. The molecular formula is C23H26ClFN3O9P. The fourth-order valence-electron chi connectivity index (χ4n) is 3.35. The molecule has 0 aliphatic carbocycles. The van der Waals surface area contributed by atoms with Crippen LogP contribution in [0.4, 0.5) is 10.2 Å². The molecule has 2 aromatic rings. The Morgan fingerprint density at radius 2 is 2.05 bits per heavy atom. The number of phosphoric acid groups is 1. The van der Waals surface area contributed by atoms with Crippen molar-refractivity contribution in [2.75, 3.05) is 12.3 Å². The van der Waals surface area contributed by atoms with E-state index in [-0.39, 0.29) is 5.75 Å². The molecule has 6 atom stereocenters. The molecule has 2 heterocycles. The number of benzene rings is 1. The third-order valence-electron chi connectivity index (χ3n) is 5.18. The highest BCUT2D eigenvalue weighted by Gasteiger charge is 2.56. The number of carbonyl (C=O) groups excluding carboxylic acids is 1. The van der Waals surface area contributed by atoms with Gasteiger partial charge < -0.3 is 24.8 Å². The molecule has 12 nitrogen and oxygen atoms in total. The fourth-order valence-corrected chi connectivity index (χ4v) is 4.99. The van der Waals surface area contributed by atoms with Crippen molar-refractivity contribution in [2.24, 2.45) is 0 Å². The number of nitrogens with zero attached hydrogens (tertiary/aromatic N) is 2. The van der Waals surface area contributed by atoms with Gasteiger partial charge in [0.05, 0.1) is 18.9 Å². The van der Waals surface area contributed by atoms with E-state index in [9.17, 15) is 23.7 Å². The first kappa shape index (κ1) is 29.6. The van der Waals surface area contributed by atoms with Crippen molar-refractivity contribution in [3.63, 3.8) is 0 Å². The van der Waals surface area contributed by atoms with E-state index in [0.29, 0.717) is 10.8 Å². The summed E-state index contributed by atoms with van der Waals surface area (Å²) >= 11 is 6.42. The Balaban J connectivity index is 1.85. The van der Waals surface area contributed by atoms with Gasteiger partial charge in [-0.1, -0.05) is 35.7 Å². The van der Waals surface area contributed by atoms with E-state index in [2.05, 4.69) is 10.9 Å². The smallest absolute Gasteiger partial charge is 0.461 e. The van der Waals surface area contributed by atoms with E-state index in [1.165, 1.54) is 19.1 Å². The topological polar surface area (TPSA) is 161 Å². The lowest BCUT2D eigenvalue weighted by Crippen LogP contribution is -2.43. The zero-order valence-electron chi connectivity index (χ0n) is 20.5. The minimum Gasteiger partial charge on any atom is -0.461 e. The highest BCUT2D eigenvalue weighted by Crippen LogP contribution is 2.52. The average Bonchev–Trinajstić information content (AvgIpc) is 3.10. The number of carbonyl (C=O) groups is 1. The Bertz CT molecular complexity index is 1310. The second-order valence-corrected chi connectivity index (χ2v) is 10.6. The van der Waals surface area contributed by atoms with E-state index >= 15 is 0 Å². The summed E-state index contributed by atoms with van der Waals surface area (Å²) < 4.78 is 55.1. The largest absolute Gasteiger partial charge is 0.530 e. The highest BCUT2D eigenvalue weighted by atomic mass is 35.5. The molecule has 15 heteroatoms. The van der Waals surface area contributed by atoms with Gasteiger partial charge >= 0.3 is 19.5 Å². The van der Waals surface area contributed by atoms with Crippen molar-refractivity contribution in [1.82, 2.24) is 9.55 Å². The molecule has 1 aliphatic heterocycles. The number of aromatic nitrogens is 2. The molecular weight excluding hydrogens is 548 g/mol. The van der Waals surface area contributed by atoms with Crippen molar-refractivity contribution in [3.8, 4) is 18.1 Å². The number of ether oxygens (including phenoxy) is 2. The van der Waals surface area contributed by atoms with Crippen LogP contribution in [0, 0.1) is 18.2 Å². The quantitative estimate of drug-likeness (QED) is 0.186. The van der Waals surface area contributed by atoms with Gasteiger partial charge in [-0.25, -0.2) is 18.5 Å². The summed E-state index contributed by atoms with van der Waals surface area (Å²) in [5.74, 6) is -0.339. The number of halogens is 2. The van der Waals surface area contributed by atoms with Crippen LogP contribution >= 0.6 is 19.4 Å². The van der Waals surface area contributed by atoms with Gasteiger partial charge in [0.2, 0.25) is 0 Å². The zero-order valence-corrected chi connectivity index (χ0v) is 22.2. The molecule has 38 heavy (non-hydrogen) atoms. The van der Waals surface area contributed by atoms with Crippen LogP contribution in [0.5, 0.6) is 5.75 Å². The molecule has 0 radical (unpaired) electrons. The number of rotatable bonds is 10. The van der Waals surface area contributed by atoms with Crippen LogP contribution < -0.4 is 15.9 Å². The van der Waals surface area contributed by atoms with Crippen molar-refractivity contribution in [2.45, 2.75) is 56.3 Å². The molecule has 0 saturated carbocycles. The number of hydrogen-bond donors (Lipinski definition) is 2. The molecule has 1 fully saturated rings. The van der Waals surface area contributed by atoms with Gasteiger partial charge in [-0.3, -0.25) is 13.6 Å². The number of aliphatic hydroxyl groups is 1. The van der Waals surface area contributed by atoms with Gasteiger partial charge in [0.15, 0.2) is 28.8 Å². The minimum atomic E-state index is -4.58. The molecule has 1 aromatic heterocycles. The Morgan fingerprint density at radius 3 is 2.66 bits per heavy atom. The van der Waals surface area contributed by atoms with Crippen molar-refractivity contribution < 1.29 is 41.9 Å². The normalized spacial score (nSPS) is 25.4. The third-order valence-corrected chi connectivity index (χ3v) is 7.18. The van der Waals surface area contributed by atoms with Crippen LogP contribution in [0.3, 0.4) is 0 Å². The van der Waals surface area contributed by atoms with Crippen LogP contribution in [0.15, 0.2) is 41.3 Å². The van der Waals surface area contributed by atoms with Crippen molar-refractivity contribution in [1.29, 1.82) is 0 Å². The number of anilines is 1. The van der Waals surface area contributed by atoms with Crippen molar-refractivity contribution >= 4 is 31.2 Å². The zero-order chi connectivity index (χ0) is 28.3. The van der Waals surface area contributed by atoms with E-state index in [1.807, 2.05) is 0 Å². The number of nitrogen functional groups attached to an aromatic ring is 1. The molecule has 0 spiro atoms. The summed E-state index contributed by atoms with van der Waals surface area (Å²) in [6.45, 7) is 3.81. The number of alkyl halides is 1. The van der Waals surface area contributed by atoms with Crippen LogP contribution in [0.2, 0.25) is 0 Å². The fraction of sp³-hybridized carbons (Fsp3) is 0.435. The van der Waals surface area contributed by atoms with Gasteiger partial charge in [0.25, 0.3) is 0 Å². The predicted molar refractivity (Wildman–Crippen MR) is 133 cm³/mol. The van der Waals surface area contributed by atoms with E-state index in [0.717, 1.165) is 0 Å². The minimum absolute atomic E-state index is 0.0799. The molecule has 206 valence electrons. The average molecular weight is 574 g/mol. The second-order valence-electron chi connectivity index (χ2n) is 8.43. The van der Waals surface area contributed by atoms with Gasteiger partial charge in [0, 0.05) is 0 Å². The summed E-state index contributed by atoms with van der Waals surface area (Å²) in [5.41, 5.74) is 4.26. The Kier molecular flexibility index (Phi) is 9.20. The molecule has 3 N–H and O–H groups in total. The number of nitrogens with two attached hydrogens (primary N) is 1. The first-order chi connectivity index (χ1) is 17.8. The second kappa shape index (κ2) is 11.8. The van der Waals surface area contributed by atoms with E-state index in [1.54, 1.807) is 32.0 Å². The maximum Gasteiger partial charge on any atom is 0.530 e. The van der Waals surface area contributed by atoms with Gasteiger partial charge in [-0.15, -0.1) is 6.42 Å². The van der Waals surface area contributed by atoms with Crippen LogP contribution in [-0.2, 0) is 27.9 Å². The molecule has 0 bridgehead atoms. The third kappa shape index (κ3) is 6.53. The summed E-state index contributed by atoms with van der Waals surface area (Å²) in [4.78, 5) is 25.8. The Morgan fingerprint density at radius 1 is 1.39 bits per heavy atom. The van der Waals surface area contributed by atoms with E-state index in [4.69, 9.17) is 46.8 Å². The SMILES string of the molecule is C#CC1(Cl)[C@@H](O)[C@@H](CO[P@](=O)(Oc2ccccc2)O[C@@H](C)C(=O)OC(C)C)O[C@H]1n1cc(F)c(N)nc1=O. The Hall–Kier alpha value is -2.98. The molecule has 1 aliphatic rings. The Labute approximate surface area is 222 Å². The monoisotopic (exact) mass is 573 g/mol. The number of para-hydroxylation sites is 1. The summed E-state index contributed by atoms with van der Waals surface area (Å²) in [5, 5.41) is 10.8. The lowest BCUT2D eigenvalue weighted by Gasteiger charge is -2.25. The van der Waals surface area contributed by atoms with Gasteiger partial charge in [0.1, 0.15) is 18.0 Å². The standard InChI is InChI=1S/C23H26ClFN3O9P/c1-5-23(24)18(29)17(35-21(23)28-11-16(25)19(26)27-22(28)31)12-33-38(32,37-15-9-7-6-8-10-15)36-14(4)20(30)34-13(2)3/h1,6-11,13-14,17-18,21,29H,12H2,2-4H3,(H2,26,27,31)/t14-,17+,18-,21+,23?,38-/m0/s1. The number of terminal acetylenes is 1. The number of hydrogen-bond acceptors (Lipinski definition) is 11. The summed E-state index contributed by atoms with van der Waals surface area (Å²) in [6.07, 6.45) is -0.426. The lowest BCUT2D eigenvalue weighted by molar-refractivity contribution is -0.156. The van der Waals surface area contributed by atoms with E-state index < -0.39 is 73.2 Å². The molecule has 1 unspecified atom stereocenters. The predicted octanol–water partition coefficient (Wildman–Crippen LogP) is 2.39. The summed E-state index contributed by atoms with van der Waals surface area (Å²) in [7, 11) is -4.58. The summed E-state index contributed by atoms with van der Waals surface area (Å²) in [6, 6.07) is 7.80. The van der Waals surface area contributed by atoms with Crippen LogP contribution in [-0.4, -0.2) is 56.5 Å². The van der Waals surface area contributed by atoms with Gasteiger partial charge in [-0.05, 0) is 32.9 Å². The van der Waals surface area contributed by atoms with Crippen molar-refractivity contribution in [3.05, 3.63) is 52.8 Å². The van der Waals surface area contributed by atoms with Gasteiger partial charge in [-0.2, -0.15) is 4.98 Å². The molecule has 1 aromatic carbocycles. The lowest BCUT2D eigenvalue weighted by atomic mass is 9.99. The van der Waals surface area contributed by atoms with Crippen LogP contribution in [0.25, 0.3) is 0 Å². The first-order valence-corrected chi connectivity index (χ1v) is 13.1. The van der Waals surface area contributed by atoms with Crippen LogP contribution in [0.1, 0.15) is 27.0 Å². The maximum atomic E-state index is 14.0. The highest BCUT2D eigenvalue weighted by molar-refractivity contribution is 7.49. The maximum absolute atomic E-state index is 14.0. The molecule has 0 amide bonds.